The molecule has 0 aromatic heterocycles. The molecular formula is C17H36N2O3S2. The first-order chi connectivity index (χ1) is 11.5. The SMILES string of the molecule is CC(C)C#CCNC(=O)OCCCCOCSSCCNC(C)C.[HH].[HH]. The molecule has 0 spiro atoms. The molecule has 5 nitrogen and oxygen atoms in total. The van der Waals surface area contributed by atoms with Gasteiger partial charge in [-0.25, -0.2) is 4.79 Å². The quantitative estimate of drug-likeness (QED) is 0.218. The minimum Gasteiger partial charge on any atom is -0.450 e. The predicted molar refractivity (Wildman–Crippen MR) is 109 cm³/mol. The summed E-state index contributed by atoms with van der Waals surface area (Å²) in [5, 5.41) is 5.97. The third-order valence-corrected chi connectivity index (χ3v) is 4.67. The lowest BCUT2D eigenvalue weighted by Crippen LogP contribution is -2.25. The zero-order valence-electron chi connectivity index (χ0n) is 15.4. The lowest BCUT2D eigenvalue weighted by atomic mass is 10.2. The molecule has 0 heterocycles. The summed E-state index contributed by atoms with van der Waals surface area (Å²) in [5.74, 6) is 7.94. The van der Waals surface area contributed by atoms with Crippen molar-refractivity contribution < 1.29 is 17.1 Å². The van der Waals surface area contributed by atoms with Crippen LogP contribution in [0.4, 0.5) is 4.79 Å². The van der Waals surface area contributed by atoms with Crippen LogP contribution in [0, 0.1) is 17.8 Å². The number of nitrogens with one attached hydrogen (secondary N) is 2. The zero-order valence-corrected chi connectivity index (χ0v) is 17.0. The van der Waals surface area contributed by atoms with Gasteiger partial charge in [-0.2, -0.15) is 0 Å². The summed E-state index contributed by atoms with van der Waals surface area (Å²) in [7, 11) is 3.55. The summed E-state index contributed by atoms with van der Waals surface area (Å²) in [6.45, 7) is 10.8. The molecular weight excluding hydrogens is 344 g/mol. The highest BCUT2D eigenvalue weighted by Gasteiger charge is 1.99. The fraction of sp³-hybridized carbons (Fsp3) is 0.824. The lowest BCUT2D eigenvalue weighted by molar-refractivity contribution is 0.134. The van der Waals surface area contributed by atoms with Crippen molar-refractivity contribution >= 4 is 27.7 Å². The van der Waals surface area contributed by atoms with Crippen molar-refractivity contribution in [1.29, 1.82) is 0 Å². The molecule has 0 unspecified atom stereocenters. The standard InChI is InChI=1S/C17H32N2O3S2.2H2/c1-15(2)8-7-9-19-17(20)22-12-6-5-11-21-14-24-23-13-10-18-16(3)4;;/h15-16,18H,5-6,9-14H2,1-4H3,(H,19,20);2*1H. The second-order valence-corrected chi connectivity index (χ2v) is 8.28. The van der Waals surface area contributed by atoms with E-state index in [9.17, 15) is 4.79 Å². The van der Waals surface area contributed by atoms with Gasteiger partial charge in [0.1, 0.15) is 5.94 Å². The average Bonchev–Trinajstić information content (AvgIpc) is 2.52. The van der Waals surface area contributed by atoms with Gasteiger partial charge in [0.15, 0.2) is 0 Å². The number of unbranched alkanes of at least 4 members (excludes halogenated alkanes) is 1. The van der Waals surface area contributed by atoms with E-state index in [1.807, 2.05) is 24.6 Å². The number of rotatable bonds is 13. The van der Waals surface area contributed by atoms with Crippen LogP contribution >= 0.6 is 21.6 Å². The Morgan fingerprint density at radius 1 is 1.17 bits per heavy atom. The van der Waals surface area contributed by atoms with Crippen LogP contribution in [0.2, 0.25) is 0 Å². The van der Waals surface area contributed by atoms with E-state index in [0.717, 1.165) is 25.1 Å². The van der Waals surface area contributed by atoms with Crippen molar-refractivity contribution in [2.24, 2.45) is 5.92 Å². The van der Waals surface area contributed by atoms with Gasteiger partial charge in [0, 0.05) is 33.7 Å². The van der Waals surface area contributed by atoms with Gasteiger partial charge in [0.25, 0.3) is 0 Å². The third kappa shape index (κ3) is 19.5. The lowest BCUT2D eigenvalue weighted by Gasteiger charge is -2.07. The van der Waals surface area contributed by atoms with Crippen LogP contribution in [-0.4, -0.2) is 50.1 Å². The van der Waals surface area contributed by atoms with Crippen LogP contribution in [-0.2, 0) is 9.47 Å². The number of hydrogen-bond donors (Lipinski definition) is 2. The Bertz CT molecular complexity index is 379. The van der Waals surface area contributed by atoms with Gasteiger partial charge in [-0.1, -0.05) is 61.1 Å². The first-order valence-electron chi connectivity index (χ1n) is 8.47. The van der Waals surface area contributed by atoms with Crippen LogP contribution < -0.4 is 10.6 Å². The molecule has 0 aromatic rings. The second kappa shape index (κ2) is 17.3. The maximum Gasteiger partial charge on any atom is 0.407 e. The third-order valence-electron chi connectivity index (χ3n) is 2.58. The zero-order chi connectivity index (χ0) is 18.0. The Morgan fingerprint density at radius 3 is 2.62 bits per heavy atom. The Balaban J connectivity index is -0.00000264. The molecule has 0 aliphatic heterocycles. The Kier molecular flexibility index (Phi) is 16.9. The Morgan fingerprint density at radius 2 is 1.92 bits per heavy atom. The fourth-order valence-electron chi connectivity index (χ4n) is 1.47. The minimum absolute atomic E-state index is 0. The van der Waals surface area contributed by atoms with Crippen molar-refractivity contribution in [3.05, 3.63) is 0 Å². The monoisotopic (exact) mass is 380 g/mol. The van der Waals surface area contributed by atoms with E-state index in [4.69, 9.17) is 9.47 Å². The molecule has 0 radical (unpaired) electrons. The van der Waals surface area contributed by atoms with Crippen LogP contribution in [0.3, 0.4) is 0 Å². The van der Waals surface area contributed by atoms with Gasteiger partial charge in [-0.05, 0) is 12.8 Å². The van der Waals surface area contributed by atoms with Crippen molar-refractivity contribution in [3.8, 4) is 11.8 Å². The van der Waals surface area contributed by atoms with E-state index in [-0.39, 0.29) is 2.85 Å². The molecule has 0 aliphatic carbocycles. The maximum absolute atomic E-state index is 11.3. The first-order valence-corrected chi connectivity index (χ1v) is 11.0. The molecule has 0 aromatic carbocycles. The van der Waals surface area contributed by atoms with Gasteiger partial charge >= 0.3 is 6.09 Å². The Hall–Kier alpha value is -0.550. The van der Waals surface area contributed by atoms with Crippen LogP contribution in [0.15, 0.2) is 0 Å². The molecule has 144 valence electrons. The number of carbonyl (C=O) groups is 1. The smallest absolute Gasteiger partial charge is 0.407 e. The summed E-state index contributed by atoms with van der Waals surface area (Å²) in [6, 6.07) is 0.545. The van der Waals surface area contributed by atoms with E-state index < -0.39 is 6.09 Å². The highest BCUT2D eigenvalue weighted by molar-refractivity contribution is 8.76. The molecule has 0 fully saturated rings. The molecule has 7 heteroatoms. The average molecular weight is 381 g/mol. The fourth-order valence-corrected chi connectivity index (χ4v) is 3.05. The molecule has 0 aliphatic rings. The Labute approximate surface area is 158 Å². The van der Waals surface area contributed by atoms with Gasteiger partial charge in [-0.3, -0.25) is 0 Å². The maximum atomic E-state index is 11.3. The molecule has 0 atom stereocenters. The number of alkyl carbamates (subject to hydrolysis) is 1. The van der Waals surface area contributed by atoms with Crippen LogP contribution in [0.25, 0.3) is 0 Å². The van der Waals surface area contributed by atoms with E-state index >= 15 is 0 Å². The van der Waals surface area contributed by atoms with Crippen LogP contribution in [0.5, 0.6) is 0 Å². The van der Waals surface area contributed by atoms with Crippen molar-refractivity contribution in [3.63, 3.8) is 0 Å². The van der Waals surface area contributed by atoms with Gasteiger partial charge in [0.05, 0.1) is 13.2 Å². The molecule has 24 heavy (non-hydrogen) atoms. The minimum atomic E-state index is -0.407. The summed E-state index contributed by atoms with van der Waals surface area (Å²) in [5.41, 5.74) is 0. The van der Waals surface area contributed by atoms with E-state index in [1.165, 1.54) is 0 Å². The summed E-state index contributed by atoms with van der Waals surface area (Å²) < 4.78 is 10.6. The number of carbonyl (C=O) groups excluding carboxylic acids is 1. The van der Waals surface area contributed by atoms with Gasteiger partial charge in [-0.15, -0.1) is 0 Å². The molecule has 1 amide bonds. The largest absolute Gasteiger partial charge is 0.450 e. The van der Waals surface area contributed by atoms with E-state index in [2.05, 4.69) is 36.3 Å². The second-order valence-electron chi connectivity index (χ2n) is 5.75. The molecule has 0 bridgehead atoms. The van der Waals surface area contributed by atoms with Gasteiger partial charge in [0.2, 0.25) is 0 Å². The highest BCUT2D eigenvalue weighted by Crippen LogP contribution is 2.20. The number of amides is 1. The van der Waals surface area contributed by atoms with Crippen molar-refractivity contribution in [2.45, 2.75) is 46.6 Å². The number of hydrogen-bond acceptors (Lipinski definition) is 6. The van der Waals surface area contributed by atoms with E-state index in [0.29, 0.717) is 37.7 Å². The van der Waals surface area contributed by atoms with Gasteiger partial charge < -0.3 is 20.1 Å². The van der Waals surface area contributed by atoms with E-state index in [1.54, 1.807) is 10.8 Å². The summed E-state index contributed by atoms with van der Waals surface area (Å²) in [6.07, 6.45) is 1.29. The molecule has 0 saturated heterocycles. The first kappa shape index (κ1) is 23.4. The van der Waals surface area contributed by atoms with Crippen molar-refractivity contribution in [1.82, 2.24) is 10.6 Å². The normalized spacial score (nSPS) is 10.6. The topological polar surface area (TPSA) is 59.6 Å². The molecule has 0 saturated carbocycles. The molecule has 0 rings (SSSR count). The summed E-state index contributed by atoms with van der Waals surface area (Å²) >= 11 is 0. The van der Waals surface area contributed by atoms with Crippen molar-refractivity contribution in [2.75, 3.05) is 38.0 Å². The molecule has 2 N–H and O–H groups in total. The predicted octanol–water partition coefficient (Wildman–Crippen LogP) is 4.00. The number of ether oxygens (including phenoxy) is 2. The highest BCUT2D eigenvalue weighted by atomic mass is 33.1. The summed E-state index contributed by atoms with van der Waals surface area (Å²) in [4.78, 5) is 11.3. The van der Waals surface area contributed by atoms with Crippen LogP contribution in [0.1, 0.15) is 43.4 Å².